The second kappa shape index (κ2) is 7.29. The van der Waals surface area contributed by atoms with Gasteiger partial charge in [0.2, 0.25) is 0 Å². The monoisotopic (exact) mass is 357 g/mol. The predicted octanol–water partition coefficient (Wildman–Crippen LogP) is 3.61. The van der Waals surface area contributed by atoms with Crippen LogP contribution in [0.2, 0.25) is 0 Å². The van der Waals surface area contributed by atoms with E-state index in [1.165, 1.54) is 18.3 Å². The summed E-state index contributed by atoms with van der Waals surface area (Å²) >= 11 is 3.30. The molecule has 0 aliphatic rings. The Hall–Kier alpha value is -2.78. The Labute approximate surface area is 136 Å². The Bertz CT molecular complexity index is 749. The molecule has 2 aromatic rings. The minimum atomic E-state index is -0.516. The van der Waals surface area contributed by atoms with Gasteiger partial charge in [0.05, 0.1) is 0 Å². The molecule has 1 amide bonds. The number of halogens is 1. The number of amides is 1. The lowest BCUT2D eigenvalue weighted by Gasteiger charge is -2.05. The average molecular weight is 358 g/mol. The average Bonchev–Trinajstić information content (AvgIpc) is 2.50. The quantitative estimate of drug-likeness (QED) is 0.576. The van der Waals surface area contributed by atoms with Crippen molar-refractivity contribution in [2.45, 2.75) is 0 Å². The number of rotatable bonds is 4. The first-order valence-electron chi connectivity index (χ1n) is 6.31. The lowest BCUT2D eigenvalue weighted by atomic mass is 10.2. The van der Waals surface area contributed by atoms with E-state index in [2.05, 4.69) is 26.6 Å². The van der Waals surface area contributed by atoms with Gasteiger partial charge in [0.25, 0.3) is 5.91 Å². The van der Waals surface area contributed by atoms with Gasteiger partial charge in [-0.05, 0) is 36.4 Å². The van der Waals surface area contributed by atoms with Crippen molar-refractivity contribution in [3.8, 4) is 11.8 Å². The van der Waals surface area contributed by atoms with Crippen LogP contribution in [0.5, 0.6) is 5.75 Å². The van der Waals surface area contributed by atoms with Gasteiger partial charge in [-0.25, -0.2) is 0 Å². The van der Waals surface area contributed by atoms with Crippen LogP contribution >= 0.6 is 15.9 Å². The highest BCUT2D eigenvalue weighted by atomic mass is 79.9. The molecule has 0 aromatic heterocycles. The van der Waals surface area contributed by atoms with Crippen molar-refractivity contribution < 1.29 is 9.90 Å². The second-order valence-electron chi connectivity index (χ2n) is 4.33. The first-order chi connectivity index (χ1) is 10.6. The number of hydrogen-bond donors (Lipinski definition) is 3. The Kier molecular flexibility index (Phi) is 5.17. The summed E-state index contributed by atoms with van der Waals surface area (Å²) in [4.78, 5) is 12.0. The molecule has 0 radical (unpaired) electrons. The fourth-order valence-corrected chi connectivity index (χ4v) is 1.90. The van der Waals surface area contributed by atoms with Crippen LogP contribution in [0.25, 0.3) is 0 Å². The van der Waals surface area contributed by atoms with Gasteiger partial charge >= 0.3 is 0 Å². The molecule has 0 saturated heterocycles. The van der Waals surface area contributed by atoms with E-state index in [1.54, 1.807) is 36.4 Å². The number of aromatic hydroxyl groups is 1. The lowest BCUT2D eigenvalue weighted by Crippen LogP contribution is -2.14. The van der Waals surface area contributed by atoms with Gasteiger partial charge < -0.3 is 15.7 Å². The zero-order chi connectivity index (χ0) is 15.9. The molecule has 5 nitrogen and oxygen atoms in total. The molecule has 0 atom stereocenters. The first kappa shape index (κ1) is 15.6. The number of phenols is 1. The normalized spacial score (nSPS) is 10.6. The van der Waals surface area contributed by atoms with Gasteiger partial charge in [-0.1, -0.05) is 22.0 Å². The zero-order valence-electron chi connectivity index (χ0n) is 11.4. The van der Waals surface area contributed by atoms with E-state index >= 15 is 0 Å². The molecular weight excluding hydrogens is 346 g/mol. The number of nitrogens with one attached hydrogen (secondary N) is 2. The number of carbonyl (C=O) groups excluding carboxylic acids is 1. The molecule has 0 aliphatic heterocycles. The summed E-state index contributed by atoms with van der Waals surface area (Å²) < 4.78 is 0.895. The van der Waals surface area contributed by atoms with Gasteiger partial charge in [-0.15, -0.1) is 0 Å². The second-order valence-corrected chi connectivity index (χ2v) is 5.24. The number of nitriles is 1. The fourth-order valence-electron chi connectivity index (χ4n) is 1.63. The number of anilines is 2. The maximum absolute atomic E-state index is 12.0. The highest BCUT2D eigenvalue weighted by Gasteiger charge is 2.09. The van der Waals surface area contributed by atoms with Crippen LogP contribution in [0.1, 0.15) is 0 Å². The molecule has 3 N–H and O–H groups in total. The summed E-state index contributed by atoms with van der Waals surface area (Å²) in [5, 5.41) is 23.9. The summed E-state index contributed by atoms with van der Waals surface area (Å²) in [7, 11) is 0. The summed E-state index contributed by atoms with van der Waals surface area (Å²) in [6, 6.07) is 15.2. The highest BCUT2D eigenvalue weighted by molar-refractivity contribution is 9.10. The maximum atomic E-state index is 12.0. The fraction of sp³-hybridized carbons (Fsp3) is 0. The van der Waals surface area contributed by atoms with E-state index in [0.29, 0.717) is 11.4 Å². The van der Waals surface area contributed by atoms with Gasteiger partial charge in [-0.2, -0.15) is 5.26 Å². The molecule has 0 saturated carbocycles. The van der Waals surface area contributed by atoms with Crippen molar-refractivity contribution in [3.63, 3.8) is 0 Å². The minimum Gasteiger partial charge on any atom is -0.508 e. The number of carbonyl (C=O) groups is 1. The topological polar surface area (TPSA) is 85.2 Å². The summed E-state index contributed by atoms with van der Waals surface area (Å²) in [6.07, 6.45) is 1.29. The maximum Gasteiger partial charge on any atom is 0.267 e. The van der Waals surface area contributed by atoms with Crippen LogP contribution in [0.4, 0.5) is 11.4 Å². The molecule has 6 heteroatoms. The van der Waals surface area contributed by atoms with E-state index < -0.39 is 5.91 Å². The summed E-state index contributed by atoms with van der Waals surface area (Å²) in [6.45, 7) is 0. The van der Waals surface area contributed by atoms with E-state index in [0.717, 1.165) is 4.47 Å². The van der Waals surface area contributed by atoms with Crippen LogP contribution in [0, 0.1) is 11.3 Å². The van der Waals surface area contributed by atoms with Gasteiger partial charge in [0.1, 0.15) is 17.4 Å². The Balaban J connectivity index is 2.07. The van der Waals surface area contributed by atoms with E-state index in [9.17, 15) is 9.90 Å². The standard InChI is InChI=1S/C16H12BrN3O2/c17-12-4-6-13(7-5-12)20-16(22)11(9-18)10-19-14-2-1-3-15(21)8-14/h1-8,10,19,21H,(H,20,22)/b11-10-. The van der Waals surface area contributed by atoms with Crippen LogP contribution in [0.3, 0.4) is 0 Å². The molecule has 0 heterocycles. The third-order valence-electron chi connectivity index (χ3n) is 2.70. The zero-order valence-corrected chi connectivity index (χ0v) is 13.0. The van der Waals surface area contributed by atoms with Crippen LogP contribution in [0.15, 0.2) is 64.8 Å². The van der Waals surface area contributed by atoms with Crippen LogP contribution in [-0.4, -0.2) is 11.0 Å². The highest BCUT2D eigenvalue weighted by Crippen LogP contribution is 2.17. The molecule has 0 unspecified atom stereocenters. The van der Waals surface area contributed by atoms with E-state index in [4.69, 9.17) is 5.26 Å². The predicted molar refractivity (Wildman–Crippen MR) is 88.2 cm³/mol. The SMILES string of the molecule is N#C/C(=C/Nc1cccc(O)c1)C(=O)Nc1ccc(Br)cc1. The molecule has 0 bridgehead atoms. The third kappa shape index (κ3) is 4.36. The van der Waals surface area contributed by atoms with Crippen molar-refractivity contribution in [1.29, 1.82) is 5.26 Å². The third-order valence-corrected chi connectivity index (χ3v) is 3.23. The molecule has 22 heavy (non-hydrogen) atoms. The summed E-state index contributed by atoms with van der Waals surface area (Å²) in [5.41, 5.74) is 1.09. The number of nitrogens with zero attached hydrogens (tertiary/aromatic N) is 1. The van der Waals surface area contributed by atoms with Crippen molar-refractivity contribution in [1.82, 2.24) is 0 Å². The molecule has 0 spiro atoms. The molecule has 0 aliphatic carbocycles. The summed E-state index contributed by atoms with van der Waals surface area (Å²) in [5.74, 6) is -0.423. The number of hydrogen-bond acceptors (Lipinski definition) is 4. The first-order valence-corrected chi connectivity index (χ1v) is 7.10. The molecule has 2 rings (SSSR count). The Morgan fingerprint density at radius 2 is 1.91 bits per heavy atom. The van der Waals surface area contributed by atoms with E-state index in [1.807, 2.05) is 6.07 Å². The van der Waals surface area contributed by atoms with Crippen molar-refractivity contribution in [2.24, 2.45) is 0 Å². The Morgan fingerprint density at radius 1 is 1.18 bits per heavy atom. The number of phenolic OH excluding ortho intramolecular Hbond substituents is 1. The van der Waals surface area contributed by atoms with Crippen LogP contribution in [-0.2, 0) is 4.79 Å². The van der Waals surface area contributed by atoms with Crippen molar-refractivity contribution in [2.75, 3.05) is 10.6 Å². The lowest BCUT2D eigenvalue weighted by molar-refractivity contribution is -0.112. The van der Waals surface area contributed by atoms with Crippen LogP contribution < -0.4 is 10.6 Å². The van der Waals surface area contributed by atoms with Crippen molar-refractivity contribution >= 4 is 33.2 Å². The minimum absolute atomic E-state index is 0.0775. The molecule has 2 aromatic carbocycles. The van der Waals surface area contributed by atoms with E-state index in [-0.39, 0.29) is 11.3 Å². The Morgan fingerprint density at radius 3 is 2.55 bits per heavy atom. The van der Waals surface area contributed by atoms with Gasteiger partial charge in [0.15, 0.2) is 0 Å². The molecular formula is C16H12BrN3O2. The van der Waals surface area contributed by atoms with Gasteiger partial charge in [0, 0.05) is 28.1 Å². The number of benzene rings is 2. The molecule has 0 fully saturated rings. The largest absolute Gasteiger partial charge is 0.508 e. The molecule has 110 valence electrons. The smallest absolute Gasteiger partial charge is 0.267 e. The van der Waals surface area contributed by atoms with Gasteiger partial charge in [-0.3, -0.25) is 4.79 Å². The van der Waals surface area contributed by atoms with Crippen molar-refractivity contribution in [3.05, 3.63) is 64.8 Å².